The Hall–Kier alpha value is -1.06. The first-order chi connectivity index (χ1) is 9.22. The number of rotatable bonds is 10. The minimum atomic E-state index is 0.297. The summed E-state index contributed by atoms with van der Waals surface area (Å²) in [5, 5.41) is 12.1. The zero-order valence-electron chi connectivity index (χ0n) is 12.2. The van der Waals surface area contributed by atoms with Gasteiger partial charge in [0.05, 0.1) is 6.61 Å². The normalized spacial score (nSPS) is 10.9. The van der Waals surface area contributed by atoms with E-state index >= 15 is 0 Å². The van der Waals surface area contributed by atoms with Gasteiger partial charge in [-0.3, -0.25) is 0 Å². The van der Waals surface area contributed by atoms with Crippen molar-refractivity contribution in [3.8, 4) is 5.75 Å². The number of aliphatic hydroxyl groups is 1. The number of aliphatic hydroxyl groups excluding tert-OH is 1. The second-order valence-corrected chi connectivity index (χ2v) is 5.17. The summed E-state index contributed by atoms with van der Waals surface area (Å²) in [6.45, 7) is 6.23. The fraction of sp³-hybridized carbons (Fsp3) is 0.625. The Morgan fingerprint density at radius 3 is 2.68 bits per heavy atom. The Kier molecular flexibility index (Phi) is 8.26. The van der Waals surface area contributed by atoms with Crippen molar-refractivity contribution in [1.29, 1.82) is 0 Å². The number of benzene rings is 1. The van der Waals surface area contributed by atoms with E-state index in [4.69, 9.17) is 9.84 Å². The van der Waals surface area contributed by atoms with Crippen LogP contribution in [0.4, 0.5) is 0 Å². The number of unbranched alkanes of at least 4 members (excludes halogenated alkanes) is 3. The molecule has 0 amide bonds. The van der Waals surface area contributed by atoms with E-state index in [2.05, 4.69) is 31.3 Å². The first kappa shape index (κ1) is 16.0. The van der Waals surface area contributed by atoms with E-state index in [1.54, 1.807) is 0 Å². The van der Waals surface area contributed by atoms with Crippen molar-refractivity contribution in [1.82, 2.24) is 5.32 Å². The molecule has 0 aliphatic heterocycles. The average molecular weight is 265 g/mol. The Bertz CT molecular complexity index is 339. The molecule has 1 aromatic carbocycles. The molecule has 0 aromatic heterocycles. The molecule has 3 heteroatoms. The molecule has 0 spiro atoms. The number of hydrogen-bond donors (Lipinski definition) is 2. The molecule has 0 aliphatic rings. The van der Waals surface area contributed by atoms with Crippen LogP contribution in [0.1, 0.15) is 45.1 Å². The van der Waals surface area contributed by atoms with Crippen LogP contribution in [0.3, 0.4) is 0 Å². The van der Waals surface area contributed by atoms with Crippen molar-refractivity contribution in [2.45, 2.75) is 52.1 Å². The lowest BCUT2D eigenvalue weighted by atomic mass is 10.2. The Morgan fingerprint density at radius 2 is 1.95 bits per heavy atom. The van der Waals surface area contributed by atoms with E-state index in [-0.39, 0.29) is 0 Å². The summed E-state index contributed by atoms with van der Waals surface area (Å²) < 4.78 is 5.74. The molecular formula is C16H27NO2. The van der Waals surface area contributed by atoms with Crippen LogP contribution in [-0.2, 0) is 6.54 Å². The van der Waals surface area contributed by atoms with Gasteiger partial charge in [0.2, 0.25) is 0 Å². The minimum Gasteiger partial charge on any atom is -0.494 e. The standard InChI is InChI=1S/C16H27NO2/c1-14(2)17-13-15-8-7-9-16(12-15)19-11-6-4-3-5-10-18/h7-9,12,14,17-18H,3-6,10-11,13H2,1-2H3. The van der Waals surface area contributed by atoms with Gasteiger partial charge < -0.3 is 15.2 Å². The lowest BCUT2D eigenvalue weighted by Gasteiger charge is -2.10. The van der Waals surface area contributed by atoms with Crippen molar-refractivity contribution < 1.29 is 9.84 Å². The molecule has 1 rings (SSSR count). The third kappa shape index (κ3) is 7.85. The summed E-state index contributed by atoms with van der Waals surface area (Å²) in [7, 11) is 0. The summed E-state index contributed by atoms with van der Waals surface area (Å²) in [5.41, 5.74) is 1.26. The molecule has 0 bridgehead atoms. The van der Waals surface area contributed by atoms with Gasteiger partial charge in [-0.2, -0.15) is 0 Å². The van der Waals surface area contributed by atoms with Gasteiger partial charge in [-0.15, -0.1) is 0 Å². The van der Waals surface area contributed by atoms with Crippen LogP contribution in [0, 0.1) is 0 Å². The third-order valence-electron chi connectivity index (χ3n) is 2.93. The summed E-state index contributed by atoms with van der Waals surface area (Å²) >= 11 is 0. The van der Waals surface area contributed by atoms with Crippen LogP contribution >= 0.6 is 0 Å². The van der Waals surface area contributed by atoms with Gasteiger partial charge >= 0.3 is 0 Å². The maximum atomic E-state index is 8.68. The molecule has 0 atom stereocenters. The van der Waals surface area contributed by atoms with Gasteiger partial charge in [0.15, 0.2) is 0 Å². The molecule has 2 N–H and O–H groups in total. The van der Waals surface area contributed by atoms with Crippen LogP contribution < -0.4 is 10.1 Å². The average Bonchev–Trinajstić information content (AvgIpc) is 2.41. The molecule has 3 nitrogen and oxygen atoms in total. The van der Waals surface area contributed by atoms with E-state index in [0.29, 0.717) is 12.6 Å². The lowest BCUT2D eigenvalue weighted by Crippen LogP contribution is -2.21. The summed E-state index contributed by atoms with van der Waals surface area (Å²) in [5.74, 6) is 0.949. The Labute approximate surface area is 117 Å². The van der Waals surface area contributed by atoms with Crippen molar-refractivity contribution in [3.05, 3.63) is 29.8 Å². The maximum absolute atomic E-state index is 8.68. The van der Waals surface area contributed by atoms with Crippen molar-refractivity contribution in [2.24, 2.45) is 0 Å². The van der Waals surface area contributed by atoms with Gasteiger partial charge in [-0.25, -0.2) is 0 Å². The molecule has 0 unspecified atom stereocenters. The predicted molar refractivity (Wildman–Crippen MR) is 79.5 cm³/mol. The second kappa shape index (κ2) is 9.82. The number of ether oxygens (including phenoxy) is 1. The highest BCUT2D eigenvalue weighted by Gasteiger charge is 1.98. The number of nitrogens with one attached hydrogen (secondary N) is 1. The first-order valence-corrected chi connectivity index (χ1v) is 7.28. The molecule has 0 radical (unpaired) electrons. The fourth-order valence-electron chi connectivity index (χ4n) is 1.82. The van der Waals surface area contributed by atoms with Crippen molar-refractivity contribution >= 4 is 0 Å². The van der Waals surface area contributed by atoms with Crippen molar-refractivity contribution in [2.75, 3.05) is 13.2 Å². The van der Waals surface area contributed by atoms with E-state index in [0.717, 1.165) is 44.6 Å². The Morgan fingerprint density at radius 1 is 1.16 bits per heavy atom. The van der Waals surface area contributed by atoms with Crippen LogP contribution in [0.25, 0.3) is 0 Å². The highest BCUT2D eigenvalue weighted by atomic mass is 16.5. The van der Waals surface area contributed by atoms with Crippen LogP contribution in [-0.4, -0.2) is 24.4 Å². The molecular weight excluding hydrogens is 238 g/mol. The van der Waals surface area contributed by atoms with Gasteiger partial charge in [0, 0.05) is 19.2 Å². The largest absolute Gasteiger partial charge is 0.494 e. The van der Waals surface area contributed by atoms with Gasteiger partial charge in [0.1, 0.15) is 5.75 Å². The smallest absolute Gasteiger partial charge is 0.119 e. The van der Waals surface area contributed by atoms with E-state index in [1.165, 1.54) is 5.56 Å². The molecule has 0 heterocycles. The molecule has 108 valence electrons. The lowest BCUT2D eigenvalue weighted by molar-refractivity contribution is 0.273. The highest BCUT2D eigenvalue weighted by Crippen LogP contribution is 2.14. The third-order valence-corrected chi connectivity index (χ3v) is 2.93. The van der Waals surface area contributed by atoms with Crippen molar-refractivity contribution in [3.63, 3.8) is 0 Å². The molecule has 1 aromatic rings. The first-order valence-electron chi connectivity index (χ1n) is 7.28. The summed E-state index contributed by atoms with van der Waals surface area (Å²) in [6, 6.07) is 8.76. The van der Waals surface area contributed by atoms with E-state index in [1.807, 2.05) is 12.1 Å². The van der Waals surface area contributed by atoms with Gasteiger partial charge in [0.25, 0.3) is 0 Å². The zero-order valence-corrected chi connectivity index (χ0v) is 12.2. The van der Waals surface area contributed by atoms with E-state index in [9.17, 15) is 0 Å². The summed E-state index contributed by atoms with van der Waals surface area (Å²) in [4.78, 5) is 0. The summed E-state index contributed by atoms with van der Waals surface area (Å²) in [6.07, 6.45) is 4.15. The topological polar surface area (TPSA) is 41.5 Å². The predicted octanol–water partition coefficient (Wildman–Crippen LogP) is 3.12. The molecule has 0 saturated carbocycles. The molecule has 0 saturated heterocycles. The second-order valence-electron chi connectivity index (χ2n) is 5.17. The highest BCUT2D eigenvalue weighted by molar-refractivity contribution is 5.28. The monoisotopic (exact) mass is 265 g/mol. The van der Waals surface area contributed by atoms with Crippen LogP contribution in [0.15, 0.2) is 24.3 Å². The minimum absolute atomic E-state index is 0.297. The SMILES string of the molecule is CC(C)NCc1cccc(OCCCCCCO)c1. The van der Waals surface area contributed by atoms with Gasteiger partial charge in [-0.05, 0) is 37.0 Å². The molecule has 0 aliphatic carbocycles. The van der Waals surface area contributed by atoms with E-state index < -0.39 is 0 Å². The quantitative estimate of drug-likeness (QED) is 0.639. The number of hydrogen-bond acceptors (Lipinski definition) is 3. The fourth-order valence-corrected chi connectivity index (χ4v) is 1.82. The molecule has 0 fully saturated rings. The molecule has 19 heavy (non-hydrogen) atoms. The van der Waals surface area contributed by atoms with Crippen LogP contribution in [0.5, 0.6) is 5.75 Å². The van der Waals surface area contributed by atoms with Crippen LogP contribution in [0.2, 0.25) is 0 Å². The van der Waals surface area contributed by atoms with Gasteiger partial charge in [-0.1, -0.05) is 32.4 Å². The Balaban J connectivity index is 2.24. The maximum Gasteiger partial charge on any atom is 0.119 e. The zero-order chi connectivity index (χ0) is 13.9.